The third kappa shape index (κ3) is 5.71. The van der Waals surface area contributed by atoms with Crippen LogP contribution in [-0.4, -0.2) is 81.6 Å². The summed E-state index contributed by atoms with van der Waals surface area (Å²) in [6.07, 6.45) is 6.48. The van der Waals surface area contributed by atoms with Crippen LogP contribution in [0.1, 0.15) is 39.5 Å². The van der Waals surface area contributed by atoms with Gasteiger partial charge < -0.3 is 24.4 Å². The number of ether oxygens (including phenoxy) is 2. The topological polar surface area (TPSA) is 96.4 Å². The third-order valence-corrected chi connectivity index (χ3v) is 11.8. The van der Waals surface area contributed by atoms with E-state index in [0.717, 1.165) is 19.3 Å². The highest BCUT2D eigenvalue weighted by Gasteiger charge is 2.76. The minimum atomic E-state index is -0.873. The van der Waals surface area contributed by atoms with Crippen LogP contribution >= 0.6 is 27.7 Å². The molecule has 3 aliphatic heterocycles. The summed E-state index contributed by atoms with van der Waals surface area (Å²) in [5.74, 6) is -1.74. The van der Waals surface area contributed by atoms with E-state index in [2.05, 4.69) is 29.1 Å². The van der Waals surface area contributed by atoms with E-state index in [4.69, 9.17) is 9.47 Å². The third-order valence-electron chi connectivity index (χ3n) is 8.56. The van der Waals surface area contributed by atoms with Gasteiger partial charge in [0.15, 0.2) is 0 Å². The molecule has 41 heavy (non-hydrogen) atoms. The number of fused-ring (bicyclic) bond motifs is 1. The Bertz CT molecular complexity index is 1150. The van der Waals surface area contributed by atoms with Gasteiger partial charge in [0.05, 0.1) is 42.9 Å². The number of thioether (sulfide) groups is 1. The van der Waals surface area contributed by atoms with Crippen LogP contribution in [0.15, 0.2) is 49.6 Å². The largest absolute Gasteiger partial charge is 0.497 e. The number of alkyl halides is 1. The Morgan fingerprint density at radius 3 is 2.54 bits per heavy atom. The number of aliphatic hydroxyl groups is 1. The van der Waals surface area contributed by atoms with Crippen LogP contribution in [0.25, 0.3) is 0 Å². The average Bonchev–Trinajstić information content (AvgIpc) is 3.55. The number of amides is 2. The zero-order chi connectivity index (χ0) is 29.9. The van der Waals surface area contributed by atoms with Crippen molar-refractivity contribution in [3.05, 3.63) is 49.6 Å². The van der Waals surface area contributed by atoms with Crippen LogP contribution < -0.4 is 9.64 Å². The van der Waals surface area contributed by atoms with Gasteiger partial charge >= 0.3 is 5.97 Å². The van der Waals surface area contributed by atoms with Crippen molar-refractivity contribution in [3.63, 3.8) is 0 Å². The molecule has 8 nitrogen and oxygen atoms in total. The van der Waals surface area contributed by atoms with Crippen molar-refractivity contribution in [1.29, 1.82) is 0 Å². The Morgan fingerprint density at radius 2 is 1.95 bits per heavy atom. The van der Waals surface area contributed by atoms with E-state index >= 15 is 0 Å². The van der Waals surface area contributed by atoms with E-state index in [1.54, 1.807) is 46.9 Å². The molecule has 4 rings (SSSR count). The van der Waals surface area contributed by atoms with Crippen LogP contribution in [-0.2, 0) is 19.1 Å². The number of carbonyl (C=O) groups excluding carboxylic acids is 3. The van der Waals surface area contributed by atoms with Crippen molar-refractivity contribution in [1.82, 2.24) is 4.90 Å². The monoisotopic (exact) mass is 648 g/mol. The molecular weight excluding hydrogens is 608 g/mol. The zero-order valence-electron chi connectivity index (χ0n) is 24.0. The molecule has 0 aliphatic carbocycles. The molecule has 1 aromatic rings. The maximum Gasteiger partial charge on any atom is 0.310 e. The number of benzene rings is 1. The number of aliphatic hydroxyl groups excluding tert-OH is 1. The van der Waals surface area contributed by atoms with Gasteiger partial charge in [-0.1, -0.05) is 41.9 Å². The second kappa shape index (κ2) is 13.3. The molecule has 3 heterocycles. The first-order chi connectivity index (χ1) is 19.7. The molecule has 0 saturated carbocycles. The van der Waals surface area contributed by atoms with Gasteiger partial charge in [-0.05, 0) is 55.9 Å². The number of hydrogen-bond donors (Lipinski definition) is 1. The highest BCUT2D eigenvalue weighted by atomic mass is 79.9. The molecular formula is C31H41BrN2O6S. The molecule has 2 bridgehead atoms. The lowest BCUT2D eigenvalue weighted by atomic mass is 9.71. The standard InChI is InChI=1S/C31H41BrN2O6S/c1-6-8-9-10-16-40-30(38)24-25-28(36)34(23(18-35)19(3)4)27(31(25)17-22(32)26(24)41-31)29(37)33(15-7-2)20-11-13-21(39-5)14-12-20/h6-7,11-14,19,22-27,35H,1-2,8-10,15-18H2,3-5H3/t22?,23-,24-,25-,26-,27?,31?/m0/s1. The van der Waals surface area contributed by atoms with Crippen LogP contribution in [0.2, 0.25) is 0 Å². The molecule has 10 heteroatoms. The minimum Gasteiger partial charge on any atom is -0.497 e. The van der Waals surface area contributed by atoms with Gasteiger partial charge in [0.25, 0.3) is 5.91 Å². The molecule has 224 valence electrons. The summed E-state index contributed by atoms with van der Waals surface area (Å²) in [4.78, 5) is 45.8. The molecule has 0 radical (unpaired) electrons. The number of likely N-dealkylation sites (tertiary alicyclic amines) is 1. The van der Waals surface area contributed by atoms with Gasteiger partial charge in [0, 0.05) is 22.3 Å². The Balaban J connectivity index is 1.74. The molecule has 1 spiro atoms. The van der Waals surface area contributed by atoms with E-state index in [1.807, 2.05) is 32.1 Å². The quantitative estimate of drug-likeness (QED) is 0.136. The summed E-state index contributed by atoms with van der Waals surface area (Å²) in [5, 5.41) is 10.3. The smallest absolute Gasteiger partial charge is 0.310 e. The number of esters is 1. The number of nitrogens with zero attached hydrogens (tertiary/aromatic N) is 2. The van der Waals surface area contributed by atoms with Crippen LogP contribution in [0.5, 0.6) is 5.75 Å². The number of carbonyl (C=O) groups is 3. The maximum absolute atomic E-state index is 14.7. The Morgan fingerprint density at radius 1 is 1.24 bits per heavy atom. The van der Waals surface area contributed by atoms with Gasteiger partial charge in [-0.15, -0.1) is 24.9 Å². The molecule has 3 aliphatic rings. The Labute approximate surface area is 255 Å². The van der Waals surface area contributed by atoms with Crippen LogP contribution in [0.3, 0.4) is 0 Å². The van der Waals surface area contributed by atoms with E-state index in [0.29, 0.717) is 17.9 Å². The molecule has 3 saturated heterocycles. The van der Waals surface area contributed by atoms with Gasteiger partial charge in [-0.2, -0.15) is 0 Å². The molecule has 2 amide bonds. The summed E-state index contributed by atoms with van der Waals surface area (Å²) in [7, 11) is 1.58. The fourth-order valence-electron chi connectivity index (χ4n) is 6.61. The first-order valence-electron chi connectivity index (χ1n) is 14.3. The van der Waals surface area contributed by atoms with Gasteiger partial charge in [-0.3, -0.25) is 14.4 Å². The summed E-state index contributed by atoms with van der Waals surface area (Å²) < 4.78 is 10.2. The summed E-state index contributed by atoms with van der Waals surface area (Å²) in [6.45, 7) is 11.7. The van der Waals surface area contributed by atoms with E-state index in [1.165, 1.54) is 0 Å². The maximum atomic E-state index is 14.7. The van der Waals surface area contributed by atoms with Crippen molar-refractivity contribution < 1.29 is 29.0 Å². The molecule has 3 unspecified atom stereocenters. The number of unbranched alkanes of at least 4 members (excludes halogenated alkanes) is 2. The lowest BCUT2D eigenvalue weighted by molar-refractivity contribution is -0.154. The van der Waals surface area contributed by atoms with Gasteiger partial charge in [-0.25, -0.2) is 0 Å². The zero-order valence-corrected chi connectivity index (χ0v) is 26.4. The van der Waals surface area contributed by atoms with Crippen molar-refractivity contribution in [2.45, 2.75) is 66.4 Å². The average molecular weight is 650 g/mol. The predicted molar refractivity (Wildman–Crippen MR) is 165 cm³/mol. The van der Waals surface area contributed by atoms with Gasteiger partial charge in [0.1, 0.15) is 11.8 Å². The summed E-state index contributed by atoms with van der Waals surface area (Å²) >= 11 is 5.36. The minimum absolute atomic E-state index is 0.0643. The predicted octanol–water partition coefficient (Wildman–Crippen LogP) is 4.60. The number of allylic oxidation sites excluding steroid dienone is 1. The lowest BCUT2D eigenvalue weighted by Gasteiger charge is -2.40. The molecule has 0 aromatic heterocycles. The normalized spacial score (nSPS) is 28.9. The summed E-state index contributed by atoms with van der Waals surface area (Å²) in [5.41, 5.74) is 0.650. The highest BCUT2D eigenvalue weighted by Crippen LogP contribution is 2.68. The fourth-order valence-corrected chi connectivity index (χ4v) is 10.2. The second-order valence-electron chi connectivity index (χ2n) is 11.3. The van der Waals surface area contributed by atoms with Crippen molar-refractivity contribution in [2.24, 2.45) is 17.8 Å². The van der Waals surface area contributed by atoms with Crippen molar-refractivity contribution in [3.8, 4) is 5.75 Å². The Kier molecular flexibility index (Phi) is 10.3. The molecule has 1 aromatic carbocycles. The van der Waals surface area contributed by atoms with Crippen molar-refractivity contribution in [2.75, 3.05) is 31.8 Å². The first-order valence-corrected chi connectivity index (χ1v) is 16.0. The fraction of sp³-hybridized carbons (Fsp3) is 0.581. The van der Waals surface area contributed by atoms with E-state index < -0.39 is 28.7 Å². The molecule has 1 N–H and O–H groups in total. The molecule has 7 atom stereocenters. The highest BCUT2D eigenvalue weighted by molar-refractivity contribution is 9.09. The Hall–Kier alpha value is -2.30. The number of hydrogen-bond acceptors (Lipinski definition) is 7. The lowest BCUT2D eigenvalue weighted by Crippen LogP contribution is -2.59. The number of anilines is 1. The number of halogens is 1. The van der Waals surface area contributed by atoms with Crippen molar-refractivity contribution >= 4 is 51.2 Å². The van der Waals surface area contributed by atoms with Gasteiger partial charge in [0.2, 0.25) is 5.91 Å². The number of methoxy groups -OCH3 is 1. The molecule has 3 fully saturated rings. The second-order valence-corrected chi connectivity index (χ2v) is 14.0. The van der Waals surface area contributed by atoms with E-state index in [9.17, 15) is 19.5 Å². The SMILES string of the molecule is C=CCCCCOC(=O)[C@H]1[C@H]2C(=O)N([C@@H](CO)C(C)C)C(C(=O)N(CC=C)c3ccc(OC)cc3)C23CC(Br)[C@@H]1S3. The number of rotatable bonds is 14. The van der Waals surface area contributed by atoms with E-state index in [-0.39, 0.29) is 53.5 Å². The van der Waals surface area contributed by atoms with Crippen LogP contribution in [0, 0.1) is 17.8 Å². The summed E-state index contributed by atoms with van der Waals surface area (Å²) in [6, 6.07) is 5.73. The first kappa shape index (κ1) is 31.6. The van der Waals surface area contributed by atoms with Crippen LogP contribution in [0.4, 0.5) is 5.69 Å².